The molecule has 2 aromatic rings. The van der Waals surface area contributed by atoms with E-state index in [9.17, 15) is 4.79 Å². The first kappa shape index (κ1) is 17.7. The molecule has 1 amide bonds. The van der Waals surface area contributed by atoms with E-state index >= 15 is 0 Å². The Labute approximate surface area is 158 Å². The normalized spacial score (nSPS) is 19.1. The summed E-state index contributed by atoms with van der Waals surface area (Å²) in [7, 11) is 1.65. The molecule has 0 radical (unpaired) electrons. The highest BCUT2D eigenvalue weighted by molar-refractivity contribution is 5.92. The molecule has 142 valence electrons. The van der Waals surface area contributed by atoms with Crippen molar-refractivity contribution in [3.8, 4) is 11.5 Å². The maximum absolute atomic E-state index is 12.6. The third kappa shape index (κ3) is 4.03. The van der Waals surface area contributed by atoms with Gasteiger partial charge in [0, 0.05) is 31.3 Å². The quantitative estimate of drug-likeness (QED) is 0.818. The number of benzene rings is 1. The minimum atomic E-state index is -0.0787. The third-order valence-corrected chi connectivity index (χ3v) is 4.96. The molecule has 1 fully saturated rings. The van der Waals surface area contributed by atoms with Crippen molar-refractivity contribution in [2.45, 2.75) is 12.8 Å². The number of aromatic nitrogens is 2. The molecule has 0 saturated carbocycles. The van der Waals surface area contributed by atoms with Crippen LogP contribution >= 0.6 is 0 Å². The maximum Gasteiger partial charge on any atom is 0.274 e. The van der Waals surface area contributed by atoms with Gasteiger partial charge in [-0.25, -0.2) is 4.98 Å². The zero-order valence-electron chi connectivity index (χ0n) is 15.4. The summed E-state index contributed by atoms with van der Waals surface area (Å²) in [5.74, 6) is 1.90. The van der Waals surface area contributed by atoms with E-state index in [-0.39, 0.29) is 5.91 Å². The molecule has 0 N–H and O–H groups in total. The van der Waals surface area contributed by atoms with Gasteiger partial charge >= 0.3 is 0 Å². The van der Waals surface area contributed by atoms with E-state index in [2.05, 4.69) is 9.97 Å². The predicted molar refractivity (Wildman–Crippen MR) is 98.1 cm³/mol. The van der Waals surface area contributed by atoms with E-state index in [0.717, 1.165) is 30.0 Å². The first-order valence-corrected chi connectivity index (χ1v) is 9.20. The molecule has 1 saturated heterocycles. The number of hydrogen-bond donors (Lipinski definition) is 0. The zero-order valence-corrected chi connectivity index (χ0v) is 15.4. The number of amides is 1. The standard InChI is InChI=1S/C20H23N3O4/c1-25-17-3-2-15-8-14(13-27-19(15)10-17)9-16-11-21-12-18(22-16)20(24)23-4-6-26-7-5-23/h2-3,10-12,14H,4-9,13H2,1H3/t14-/m0/s1. The summed E-state index contributed by atoms with van der Waals surface area (Å²) in [4.78, 5) is 23.2. The highest BCUT2D eigenvalue weighted by atomic mass is 16.5. The lowest BCUT2D eigenvalue weighted by Crippen LogP contribution is -2.41. The van der Waals surface area contributed by atoms with Crippen molar-refractivity contribution in [2.75, 3.05) is 40.0 Å². The number of nitrogens with zero attached hydrogens (tertiary/aromatic N) is 3. The lowest BCUT2D eigenvalue weighted by molar-refractivity contribution is 0.0298. The van der Waals surface area contributed by atoms with Gasteiger partial charge in [0.05, 0.1) is 38.8 Å². The van der Waals surface area contributed by atoms with Crippen LogP contribution in [0.5, 0.6) is 11.5 Å². The highest BCUT2D eigenvalue weighted by Gasteiger charge is 2.23. The zero-order chi connectivity index (χ0) is 18.6. The molecular weight excluding hydrogens is 346 g/mol. The number of hydrogen-bond acceptors (Lipinski definition) is 6. The van der Waals surface area contributed by atoms with Crippen LogP contribution in [0.15, 0.2) is 30.6 Å². The van der Waals surface area contributed by atoms with Gasteiger partial charge in [-0.1, -0.05) is 6.07 Å². The minimum absolute atomic E-state index is 0.0787. The molecule has 27 heavy (non-hydrogen) atoms. The molecule has 1 atom stereocenters. The van der Waals surface area contributed by atoms with E-state index in [1.807, 2.05) is 18.2 Å². The Morgan fingerprint density at radius 2 is 2.15 bits per heavy atom. The number of fused-ring (bicyclic) bond motifs is 1. The van der Waals surface area contributed by atoms with E-state index in [0.29, 0.717) is 44.5 Å². The summed E-state index contributed by atoms with van der Waals surface area (Å²) in [6, 6.07) is 5.92. The molecular formula is C20H23N3O4. The third-order valence-electron chi connectivity index (χ3n) is 4.96. The molecule has 3 heterocycles. The second-order valence-electron chi connectivity index (χ2n) is 6.86. The van der Waals surface area contributed by atoms with E-state index in [1.54, 1.807) is 24.4 Å². The average molecular weight is 369 g/mol. The lowest BCUT2D eigenvalue weighted by atomic mass is 9.93. The number of carbonyl (C=O) groups excluding carboxylic acids is 1. The molecule has 2 aliphatic heterocycles. The van der Waals surface area contributed by atoms with Gasteiger partial charge in [0.2, 0.25) is 0 Å². The number of carbonyl (C=O) groups is 1. The summed E-state index contributed by atoms with van der Waals surface area (Å²) in [6.45, 7) is 2.96. The van der Waals surface area contributed by atoms with Gasteiger partial charge in [-0.2, -0.15) is 0 Å². The van der Waals surface area contributed by atoms with Crippen LogP contribution in [0.4, 0.5) is 0 Å². The van der Waals surface area contributed by atoms with Crippen LogP contribution in [0.3, 0.4) is 0 Å². The van der Waals surface area contributed by atoms with Crippen molar-refractivity contribution in [3.63, 3.8) is 0 Å². The van der Waals surface area contributed by atoms with E-state index in [4.69, 9.17) is 14.2 Å². The van der Waals surface area contributed by atoms with E-state index < -0.39 is 0 Å². The van der Waals surface area contributed by atoms with Crippen molar-refractivity contribution < 1.29 is 19.0 Å². The summed E-state index contributed by atoms with van der Waals surface area (Å²) in [5, 5.41) is 0. The topological polar surface area (TPSA) is 73.8 Å². The Bertz CT molecular complexity index is 821. The van der Waals surface area contributed by atoms with Gasteiger partial charge < -0.3 is 19.1 Å². The molecule has 4 rings (SSSR count). The molecule has 1 aromatic heterocycles. The Kier molecular flexibility index (Phi) is 5.20. The minimum Gasteiger partial charge on any atom is -0.497 e. The van der Waals surface area contributed by atoms with Gasteiger partial charge in [-0.05, 0) is 24.5 Å². The van der Waals surface area contributed by atoms with Gasteiger partial charge in [0.15, 0.2) is 0 Å². The molecule has 0 unspecified atom stereocenters. The van der Waals surface area contributed by atoms with Gasteiger partial charge in [0.1, 0.15) is 17.2 Å². The van der Waals surface area contributed by atoms with Crippen LogP contribution in [0, 0.1) is 5.92 Å². The largest absolute Gasteiger partial charge is 0.497 e. The average Bonchev–Trinajstić information content (AvgIpc) is 2.73. The number of methoxy groups -OCH3 is 1. The summed E-state index contributed by atoms with van der Waals surface area (Å²) < 4.78 is 16.5. The molecule has 2 aliphatic rings. The first-order valence-electron chi connectivity index (χ1n) is 9.20. The number of morpholine rings is 1. The molecule has 1 aromatic carbocycles. The van der Waals surface area contributed by atoms with Gasteiger partial charge in [0.25, 0.3) is 5.91 Å². The first-order chi connectivity index (χ1) is 13.2. The SMILES string of the molecule is COc1ccc2c(c1)OC[C@H](Cc1cncc(C(=O)N3CCOCC3)n1)C2. The van der Waals surface area contributed by atoms with Crippen molar-refractivity contribution in [1.82, 2.24) is 14.9 Å². The monoisotopic (exact) mass is 369 g/mol. The van der Waals surface area contributed by atoms with Gasteiger partial charge in [-0.15, -0.1) is 0 Å². The smallest absolute Gasteiger partial charge is 0.274 e. The maximum atomic E-state index is 12.6. The summed E-state index contributed by atoms with van der Waals surface area (Å²) in [6.07, 6.45) is 4.91. The second kappa shape index (κ2) is 7.92. The Morgan fingerprint density at radius 3 is 2.96 bits per heavy atom. The van der Waals surface area contributed by atoms with Crippen LogP contribution in [0.2, 0.25) is 0 Å². The van der Waals surface area contributed by atoms with Crippen molar-refractivity contribution >= 4 is 5.91 Å². The Morgan fingerprint density at radius 1 is 1.30 bits per heavy atom. The van der Waals surface area contributed by atoms with Gasteiger partial charge in [-0.3, -0.25) is 9.78 Å². The molecule has 0 bridgehead atoms. The van der Waals surface area contributed by atoms with Crippen molar-refractivity contribution in [2.24, 2.45) is 5.92 Å². The fraction of sp³-hybridized carbons (Fsp3) is 0.450. The molecule has 7 nitrogen and oxygen atoms in total. The Balaban J connectivity index is 1.43. The fourth-order valence-electron chi connectivity index (χ4n) is 3.51. The van der Waals surface area contributed by atoms with E-state index in [1.165, 1.54) is 5.56 Å². The fourth-order valence-corrected chi connectivity index (χ4v) is 3.51. The van der Waals surface area contributed by atoms with Crippen LogP contribution in [0.25, 0.3) is 0 Å². The summed E-state index contributed by atoms with van der Waals surface area (Å²) in [5.41, 5.74) is 2.39. The van der Waals surface area contributed by atoms with Crippen molar-refractivity contribution in [3.05, 3.63) is 47.5 Å². The summed E-state index contributed by atoms with van der Waals surface area (Å²) >= 11 is 0. The van der Waals surface area contributed by atoms with Crippen LogP contribution in [-0.2, 0) is 17.6 Å². The predicted octanol–water partition coefficient (Wildman–Crippen LogP) is 1.75. The number of ether oxygens (including phenoxy) is 3. The number of rotatable bonds is 4. The Hall–Kier alpha value is -2.67. The van der Waals surface area contributed by atoms with Crippen molar-refractivity contribution in [1.29, 1.82) is 0 Å². The van der Waals surface area contributed by atoms with Crippen LogP contribution < -0.4 is 9.47 Å². The molecule has 0 aliphatic carbocycles. The molecule has 0 spiro atoms. The van der Waals surface area contributed by atoms with Crippen LogP contribution in [-0.4, -0.2) is 60.8 Å². The molecule has 7 heteroatoms. The highest BCUT2D eigenvalue weighted by Crippen LogP contribution is 2.31. The lowest BCUT2D eigenvalue weighted by Gasteiger charge is -2.27. The van der Waals surface area contributed by atoms with Crippen LogP contribution in [0.1, 0.15) is 21.7 Å². The second-order valence-corrected chi connectivity index (χ2v) is 6.86.